The van der Waals surface area contributed by atoms with Crippen LogP contribution >= 0.6 is 0 Å². The van der Waals surface area contributed by atoms with E-state index in [1.807, 2.05) is 0 Å². The number of benzene rings is 1. The summed E-state index contributed by atoms with van der Waals surface area (Å²) in [6, 6.07) is 7.56. The van der Waals surface area contributed by atoms with Gasteiger partial charge in [0.15, 0.2) is 0 Å². The van der Waals surface area contributed by atoms with Crippen LogP contribution in [0.3, 0.4) is 0 Å². The highest BCUT2D eigenvalue weighted by molar-refractivity contribution is 5.31. The van der Waals surface area contributed by atoms with E-state index in [-0.39, 0.29) is 0 Å². The van der Waals surface area contributed by atoms with E-state index < -0.39 is 0 Å². The van der Waals surface area contributed by atoms with E-state index in [1.165, 1.54) is 56.1 Å². The van der Waals surface area contributed by atoms with Gasteiger partial charge in [-0.2, -0.15) is 0 Å². The number of aryl methyl sites for hydroxylation is 2. The molecule has 1 aromatic carbocycles. The lowest BCUT2D eigenvalue weighted by atomic mass is 9.73. The third kappa shape index (κ3) is 3.88. The first-order valence-corrected chi connectivity index (χ1v) is 8.91. The molecule has 0 aliphatic heterocycles. The number of hydrogen-bond donors (Lipinski definition) is 1. The van der Waals surface area contributed by atoms with Crippen LogP contribution in [0.2, 0.25) is 0 Å². The van der Waals surface area contributed by atoms with E-state index in [0.29, 0.717) is 11.5 Å². The molecule has 1 aromatic rings. The van der Waals surface area contributed by atoms with Crippen molar-refractivity contribution in [2.75, 3.05) is 6.54 Å². The van der Waals surface area contributed by atoms with Gasteiger partial charge in [-0.25, -0.2) is 0 Å². The van der Waals surface area contributed by atoms with E-state index in [4.69, 9.17) is 0 Å². The monoisotopic (exact) mass is 287 g/mol. The Balaban J connectivity index is 2.21. The molecule has 1 heteroatoms. The number of nitrogens with one attached hydrogen (secondary N) is 1. The van der Waals surface area contributed by atoms with Crippen molar-refractivity contribution in [2.24, 2.45) is 5.41 Å². The summed E-state index contributed by atoms with van der Waals surface area (Å²) in [5, 5.41) is 3.90. The molecule has 0 bridgehead atoms. The third-order valence-electron chi connectivity index (χ3n) is 5.61. The van der Waals surface area contributed by atoms with Gasteiger partial charge in [0.2, 0.25) is 0 Å². The fraction of sp³-hybridized carbons (Fsp3) is 0.700. The van der Waals surface area contributed by atoms with Crippen LogP contribution in [0.1, 0.15) is 69.1 Å². The molecule has 1 aliphatic carbocycles. The number of hydrogen-bond acceptors (Lipinski definition) is 1. The average Bonchev–Trinajstić information content (AvgIpc) is 2.97. The first-order chi connectivity index (χ1) is 10.1. The van der Waals surface area contributed by atoms with Gasteiger partial charge in [0.1, 0.15) is 0 Å². The lowest BCUT2D eigenvalue weighted by Gasteiger charge is -2.38. The van der Waals surface area contributed by atoms with Crippen LogP contribution < -0.4 is 5.32 Å². The molecular formula is C20H33N. The molecule has 118 valence electrons. The van der Waals surface area contributed by atoms with Crippen molar-refractivity contribution >= 4 is 0 Å². The lowest BCUT2D eigenvalue weighted by molar-refractivity contribution is 0.184. The van der Waals surface area contributed by atoms with Crippen LogP contribution in [-0.4, -0.2) is 12.6 Å². The number of rotatable bonds is 7. The smallest absolute Gasteiger partial charge is 0.0164 e. The molecule has 1 unspecified atom stereocenters. The van der Waals surface area contributed by atoms with Crippen molar-refractivity contribution in [2.45, 2.75) is 78.7 Å². The van der Waals surface area contributed by atoms with Crippen LogP contribution in [0.25, 0.3) is 0 Å². The van der Waals surface area contributed by atoms with Gasteiger partial charge in [-0.1, -0.05) is 50.5 Å². The Bertz CT molecular complexity index is 443. The molecule has 1 nitrogen and oxygen atoms in total. The molecule has 0 amide bonds. The second kappa shape index (κ2) is 7.45. The second-order valence-electron chi connectivity index (χ2n) is 7.06. The van der Waals surface area contributed by atoms with E-state index in [0.717, 1.165) is 6.54 Å². The van der Waals surface area contributed by atoms with Gasteiger partial charge in [0.25, 0.3) is 0 Å². The van der Waals surface area contributed by atoms with Crippen molar-refractivity contribution in [3.63, 3.8) is 0 Å². The average molecular weight is 287 g/mol. The molecule has 1 aliphatic rings. The van der Waals surface area contributed by atoms with Gasteiger partial charge in [0.05, 0.1) is 0 Å². The molecule has 0 spiro atoms. The Hall–Kier alpha value is -0.820. The highest BCUT2D eigenvalue weighted by atomic mass is 14.9. The largest absolute Gasteiger partial charge is 0.313 e. The predicted octanol–water partition coefficient (Wildman–Crippen LogP) is 5.18. The van der Waals surface area contributed by atoms with Gasteiger partial charge in [0, 0.05) is 6.04 Å². The Labute approximate surface area is 131 Å². The molecule has 2 rings (SSSR count). The van der Waals surface area contributed by atoms with Gasteiger partial charge in [-0.15, -0.1) is 0 Å². The Morgan fingerprint density at radius 2 is 1.86 bits per heavy atom. The first kappa shape index (κ1) is 16.5. The summed E-state index contributed by atoms with van der Waals surface area (Å²) in [5.41, 5.74) is 4.92. The molecule has 1 atom stereocenters. The fourth-order valence-corrected chi connectivity index (χ4v) is 4.09. The molecule has 0 radical (unpaired) electrons. The first-order valence-electron chi connectivity index (χ1n) is 8.91. The van der Waals surface area contributed by atoms with Crippen LogP contribution in [0.5, 0.6) is 0 Å². The Morgan fingerprint density at radius 1 is 1.14 bits per heavy atom. The minimum atomic E-state index is 0.533. The highest BCUT2D eigenvalue weighted by Crippen LogP contribution is 2.45. The fourth-order valence-electron chi connectivity index (χ4n) is 4.09. The van der Waals surface area contributed by atoms with Crippen molar-refractivity contribution < 1.29 is 0 Å². The van der Waals surface area contributed by atoms with Crippen molar-refractivity contribution in [3.8, 4) is 0 Å². The molecular weight excluding hydrogens is 254 g/mol. The lowest BCUT2D eigenvalue weighted by Crippen LogP contribution is -2.45. The maximum atomic E-state index is 3.90. The summed E-state index contributed by atoms with van der Waals surface area (Å²) >= 11 is 0. The van der Waals surface area contributed by atoms with E-state index >= 15 is 0 Å². The van der Waals surface area contributed by atoms with Gasteiger partial charge in [-0.3, -0.25) is 0 Å². The summed E-state index contributed by atoms with van der Waals surface area (Å²) in [7, 11) is 0. The molecule has 0 heterocycles. The Kier molecular flexibility index (Phi) is 5.87. The standard InChI is InChI=1S/C20H33N/c1-5-13-21-19(20(6-2)11-7-8-12-20)15-18-14-16(3)9-10-17(18)4/h9-10,14,19,21H,5-8,11-13,15H2,1-4H3. The van der Waals surface area contributed by atoms with Gasteiger partial charge < -0.3 is 5.32 Å². The highest BCUT2D eigenvalue weighted by Gasteiger charge is 2.39. The van der Waals surface area contributed by atoms with Crippen LogP contribution in [0.4, 0.5) is 0 Å². The van der Waals surface area contributed by atoms with Crippen molar-refractivity contribution in [3.05, 3.63) is 34.9 Å². The van der Waals surface area contributed by atoms with Crippen LogP contribution in [0, 0.1) is 19.3 Å². The SMILES string of the molecule is CCCNC(Cc1cc(C)ccc1C)C1(CC)CCCC1. The molecule has 1 fully saturated rings. The normalized spacial score (nSPS) is 18.9. The quantitative estimate of drug-likeness (QED) is 0.728. The van der Waals surface area contributed by atoms with Crippen LogP contribution in [-0.2, 0) is 6.42 Å². The topological polar surface area (TPSA) is 12.0 Å². The molecule has 21 heavy (non-hydrogen) atoms. The van der Waals surface area contributed by atoms with Crippen molar-refractivity contribution in [1.29, 1.82) is 0 Å². The minimum absolute atomic E-state index is 0.533. The van der Waals surface area contributed by atoms with Gasteiger partial charge >= 0.3 is 0 Å². The minimum Gasteiger partial charge on any atom is -0.313 e. The predicted molar refractivity (Wildman–Crippen MR) is 92.9 cm³/mol. The van der Waals surface area contributed by atoms with E-state index in [1.54, 1.807) is 5.56 Å². The summed E-state index contributed by atoms with van der Waals surface area (Å²) < 4.78 is 0. The summed E-state index contributed by atoms with van der Waals surface area (Å²) in [4.78, 5) is 0. The zero-order valence-corrected chi connectivity index (χ0v) is 14.5. The second-order valence-corrected chi connectivity index (χ2v) is 7.06. The zero-order chi connectivity index (χ0) is 15.3. The third-order valence-corrected chi connectivity index (χ3v) is 5.61. The summed E-state index contributed by atoms with van der Waals surface area (Å²) in [6.07, 6.45) is 9.41. The van der Waals surface area contributed by atoms with E-state index in [9.17, 15) is 0 Å². The maximum absolute atomic E-state index is 3.90. The molecule has 1 N–H and O–H groups in total. The molecule has 0 aromatic heterocycles. The molecule has 0 saturated heterocycles. The molecule has 1 saturated carbocycles. The Morgan fingerprint density at radius 3 is 2.48 bits per heavy atom. The van der Waals surface area contributed by atoms with Crippen molar-refractivity contribution in [1.82, 2.24) is 5.32 Å². The summed E-state index contributed by atoms with van der Waals surface area (Å²) in [5.74, 6) is 0. The maximum Gasteiger partial charge on any atom is 0.0164 e. The summed E-state index contributed by atoms with van der Waals surface area (Å²) in [6.45, 7) is 10.3. The van der Waals surface area contributed by atoms with Crippen LogP contribution in [0.15, 0.2) is 18.2 Å². The van der Waals surface area contributed by atoms with Gasteiger partial charge in [-0.05, 0) is 69.0 Å². The zero-order valence-electron chi connectivity index (χ0n) is 14.5. The van der Waals surface area contributed by atoms with E-state index in [2.05, 4.69) is 51.2 Å².